The van der Waals surface area contributed by atoms with E-state index in [0.717, 1.165) is 38.5 Å². The molecule has 3 atom stereocenters. The zero-order valence-corrected chi connectivity index (χ0v) is 9.74. The summed E-state index contributed by atoms with van der Waals surface area (Å²) in [5, 5.41) is 9.81. The van der Waals surface area contributed by atoms with E-state index < -0.39 is 6.10 Å². The van der Waals surface area contributed by atoms with Gasteiger partial charge in [0.15, 0.2) is 0 Å². The second-order valence-corrected chi connectivity index (χ2v) is 4.47. The maximum atomic E-state index is 10.9. The molecule has 0 aromatic rings. The minimum absolute atomic E-state index is 0.261. The quantitative estimate of drug-likeness (QED) is 0.730. The van der Waals surface area contributed by atoms with Crippen LogP contribution in [0.5, 0.6) is 0 Å². The Hall–Kier alpha value is -0.570. The van der Waals surface area contributed by atoms with Gasteiger partial charge < -0.3 is 9.84 Å². The summed E-state index contributed by atoms with van der Waals surface area (Å²) in [6.45, 7) is 3.57. The van der Waals surface area contributed by atoms with E-state index >= 15 is 0 Å². The van der Waals surface area contributed by atoms with Crippen LogP contribution in [0.1, 0.15) is 52.4 Å². The van der Waals surface area contributed by atoms with Crippen molar-refractivity contribution in [1.29, 1.82) is 0 Å². The van der Waals surface area contributed by atoms with Crippen molar-refractivity contribution in [1.82, 2.24) is 0 Å². The Bertz CT molecular complexity index is 203. The molecule has 3 heteroatoms. The molecular formula is C12H22O3. The number of hydrogen-bond donors (Lipinski definition) is 1. The lowest BCUT2D eigenvalue weighted by Gasteiger charge is -2.34. The predicted molar refractivity (Wildman–Crippen MR) is 58.4 cm³/mol. The van der Waals surface area contributed by atoms with E-state index in [1.807, 2.05) is 0 Å². The van der Waals surface area contributed by atoms with Crippen molar-refractivity contribution in [3.63, 3.8) is 0 Å². The monoisotopic (exact) mass is 214 g/mol. The van der Waals surface area contributed by atoms with Gasteiger partial charge in [-0.25, -0.2) is 0 Å². The van der Waals surface area contributed by atoms with Gasteiger partial charge in [0, 0.05) is 6.92 Å². The van der Waals surface area contributed by atoms with Crippen LogP contribution in [-0.4, -0.2) is 23.3 Å². The molecule has 0 radical (unpaired) electrons. The fourth-order valence-electron chi connectivity index (χ4n) is 2.37. The molecule has 1 saturated carbocycles. The number of rotatable bonds is 4. The minimum atomic E-state index is -0.454. The van der Waals surface area contributed by atoms with Crippen molar-refractivity contribution in [3.05, 3.63) is 0 Å². The first-order chi connectivity index (χ1) is 7.15. The lowest BCUT2D eigenvalue weighted by Crippen LogP contribution is -2.40. The topological polar surface area (TPSA) is 46.5 Å². The molecule has 0 unspecified atom stereocenters. The Morgan fingerprint density at radius 1 is 1.47 bits per heavy atom. The van der Waals surface area contributed by atoms with Crippen LogP contribution >= 0.6 is 0 Å². The SMILES string of the molecule is CCCC[C@@H]1CCC[C@H](O)[C@H]1OC(C)=O. The van der Waals surface area contributed by atoms with E-state index in [0.29, 0.717) is 5.92 Å². The van der Waals surface area contributed by atoms with Gasteiger partial charge in [-0.05, 0) is 25.2 Å². The van der Waals surface area contributed by atoms with Crippen molar-refractivity contribution in [2.24, 2.45) is 5.92 Å². The lowest BCUT2D eigenvalue weighted by molar-refractivity contribution is -0.160. The van der Waals surface area contributed by atoms with E-state index in [9.17, 15) is 9.90 Å². The highest BCUT2D eigenvalue weighted by molar-refractivity contribution is 5.66. The number of esters is 1. The summed E-state index contributed by atoms with van der Waals surface area (Å²) in [4.78, 5) is 10.9. The van der Waals surface area contributed by atoms with Crippen LogP contribution in [0.15, 0.2) is 0 Å². The van der Waals surface area contributed by atoms with Gasteiger partial charge in [0.2, 0.25) is 0 Å². The summed E-state index contributed by atoms with van der Waals surface area (Å²) in [5.74, 6) is 0.0834. The molecule has 1 N–H and O–H groups in total. The van der Waals surface area contributed by atoms with E-state index in [4.69, 9.17) is 4.74 Å². The number of carbonyl (C=O) groups excluding carboxylic acids is 1. The molecule has 0 bridgehead atoms. The summed E-state index contributed by atoms with van der Waals surface area (Å²) in [7, 11) is 0. The highest BCUT2D eigenvalue weighted by Crippen LogP contribution is 2.31. The van der Waals surface area contributed by atoms with Crippen molar-refractivity contribution >= 4 is 5.97 Å². The van der Waals surface area contributed by atoms with Crippen LogP contribution in [0.25, 0.3) is 0 Å². The fraction of sp³-hybridized carbons (Fsp3) is 0.917. The van der Waals surface area contributed by atoms with E-state index in [1.54, 1.807) is 0 Å². The van der Waals surface area contributed by atoms with Crippen LogP contribution in [-0.2, 0) is 9.53 Å². The summed E-state index contributed by atoms with van der Waals surface area (Å²) in [5.41, 5.74) is 0. The third-order valence-electron chi connectivity index (χ3n) is 3.15. The van der Waals surface area contributed by atoms with E-state index in [2.05, 4.69) is 6.92 Å². The summed E-state index contributed by atoms with van der Waals surface area (Å²) in [6, 6.07) is 0. The average Bonchev–Trinajstić information content (AvgIpc) is 2.18. The zero-order chi connectivity index (χ0) is 11.3. The fourth-order valence-corrected chi connectivity index (χ4v) is 2.37. The molecule has 0 amide bonds. The van der Waals surface area contributed by atoms with Gasteiger partial charge in [0.05, 0.1) is 6.10 Å². The van der Waals surface area contributed by atoms with Crippen LogP contribution < -0.4 is 0 Å². The predicted octanol–water partition coefficient (Wildman–Crippen LogP) is 2.27. The zero-order valence-electron chi connectivity index (χ0n) is 9.74. The van der Waals surface area contributed by atoms with Gasteiger partial charge in [-0.2, -0.15) is 0 Å². The second kappa shape index (κ2) is 6.11. The van der Waals surface area contributed by atoms with Crippen molar-refractivity contribution in [3.8, 4) is 0 Å². The first-order valence-corrected chi connectivity index (χ1v) is 6.00. The number of aliphatic hydroxyl groups is 1. The minimum Gasteiger partial charge on any atom is -0.460 e. The molecule has 1 aliphatic rings. The molecular weight excluding hydrogens is 192 g/mol. The highest BCUT2D eigenvalue weighted by Gasteiger charge is 2.33. The van der Waals surface area contributed by atoms with Crippen LogP contribution in [0.2, 0.25) is 0 Å². The molecule has 88 valence electrons. The highest BCUT2D eigenvalue weighted by atomic mass is 16.6. The molecule has 15 heavy (non-hydrogen) atoms. The normalized spacial score (nSPS) is 31.3. The molecule has 3 nitrogen and oxygen atoms in total. The number of unbranched alkanes of at least 4 members (excludes halogenated alkanes) is 1. The van der Waals surface area contributed by atoms with E-state index in [1.165, 1.54) is 6.92 Å². The Labute approximate surface area is 91.8 Å². The summed E-state index contributed by atoms with van der Waals surface area (Å²) >= 11 is 0. The number of aliphatic hydroxyl groups excluding tert-OH is 1. The Kier molecular flexibility index (Phi) is 5.09. The molecule has 0 aromatic carbocycles. The van der Waals surface area contributed by atoms with E-state index in [-0.39, 0.29) is 12.1 Å². The number of carbonyl (C=O) groups is 1. The smallest absolute Gasteiger partial charge is 0.303 e. The number of hydrogen-bond acceptors (Lipinski definition) is 3. The second-order valence-electron chi connectivity index (χ2n) is 4.47. The Balaban J connectivity index is 2.51. The van der Waals surface area contributed by atoms with Crippen molar-refractivity contribution < 1.29 is 14.6 Å². The summed E-state index contributed by atoms with van der Waals surface area (Å²) < 4.78 is 5.22. The first-order valence-electron chi connectivity index (χ1n) is 6.00. The standard InChI is InChI=1S/C12H22O3/c1-3-4-6-10-7-5-8-11(14)12(10)15-9(2)13/h10-12,14H,3-8H2,1-2H3/t10-,11+,12+/m1/s1. The van der Waals surface area contributed by atoms with Crippen molar-refractivity contribution in [2.45, 2.75) is 64.6 Å². The van der Waals surface area contributed by atoms with Gasteiger partial charge in [0.25, 0.3) is 0 Å². The Morgan fingerprint density at radius 3 is 2.80 bits per heavy atom. The molecule has 1 rings (SSSR count). The first kappa shape index (κ1) is 12.5. The van der Waals surface area contributed by atoms with Crippen molar-refractivity contribution in [2.75, 3.05) is 0 Å². The third kappa shape index (κ3) is 3.82. The van der Waals surface area contributed by atoms with Crippen LogP contribution in [0.4, 0.5) is 0 Å². The molecule has 1 fully saturated rings. The largest absolute Gasteiger partial charge is 0.460 e. The molecule has 0 saturated heterocycles. The Morgan fingerprint density at radius 2 is 2.20 bits per heavy atom. The molecule has 0 heterocycles. The van der Waals surface area contributed by atoms with Gasteiger partial charge in [-0.1, -0.05) is 26.2 Å². The molecule has 0 spiro atoms. The maximum absolute atomic E-state index is 10.9. The van der Waals surface area contributed by atoms with Gasteiger partial charge in [-0.15, -0.1) is 0 Å². The third-order valence-corrected chi connectivity index (χ3v) is 3.15. The lowest BCUT2D eigenvalue weighted by atomic mass is 9.81. The number of ether oxygens (including phenoxy) is 1. The average molecular weight is 214 g/mol. The maximum Gasteiger partial charge on any atom is 0.303 e. The van der Waals surface area contributed by atoms with Gasteiger partial charge in [-0.3, -0.25) is 4.79 Å². The van der Waals surface area contributed by atoms with Crippen LogP contribution in [0.3, 0.4) is 0 Å². The van der Waals surface area contributed by atoms with Crippen LogP contribution in [0, 0.1) is 5.92 Å². The summed E-state index contributed by atoms with van der Waals surface area (Å²) in [6.07, 6.45) is 5.54. The molecule has 0 aromatic heterocycles. The molecule has 0 aliphatic heterocycles. The van der Waals surface area contributed by atoms with Gasteiger partial charge in [0.1, 0.15) is 6.10 Å². The van der Waals surface area contributed by atoms with Gasteiger partial charge >= 0.3 is 5.97 Å². The molecule has 1 aliphatic carbocycles.